The first-order chi connectivity index (χ1) is 6.74. The van der Waals surface area contributed by atoms with E-state index >= 15 is 0 Å². The first-order valence-electron chi connectivity index (χ1n) is 3.62. The third kappa shape index (κ3) is 1.53. The van der Waals surface area contributed by atoms with Crippen molar-refractivity contribution in [3.8, 4) is 0 Å². The lowest BCUT2D eigenvalue weighted by atomic mass is 10.1. The van der Waals surface area contributed by atoms with E-state index in [1.165, 1.54) is 12.1 Å². The van der Waals surface area contributed by atoms with Crippen LogP contribution in [0.4, 0.5) is 0 Å². The molecule has 0 fully saturated rings. The van der Waals surface area contributed by atoms with Crippen LogP contribution in [0.5, 0.6) is 0 Å². The summed E-state index contributed by atoms with van der Waals surface area (Å²) in [6.07, 6.45) is 5.40. The maximum atomic E-state index is 8.58. The summed E-state index contributed by atoms with van der Waals surface area (Å²) in [6.45, 7) is 0. The van der Waals surface area contributed by atoms with Crippen molar-refractivity contribution in [2.75, 3.05) is 0 Å². The van der Waals surface area contributed by atoms with Crippen LogP contribution >= 0.6 is 39.7 Å². The molecular formula is C7H5BrClN3OS. The molecule has 2 heterocycles. The smallest absolute Gasteiger partial charge is 0.177 e. The minimum Gasteiger partial charge on any atom is -0.410 e. The molecule has 0 aromatic heterocycles. The van der Waals surface area contributed by atoms with Crippen LogP contribution in [0.3, 0.4) is 0 Å². The van der Waals surface area contributed by atoms with Crippen LogP contribution in [-0.4, -0.2) is 14.7 Å². The Bertz CT molecular complexity index is 390. The molecule has 0 unspecified atom stereocenters. The van der Waals surface area contributed by atoms with Crippen molar-refractivity contribution in [2.24, 2.45) is 5.16 Å². The number of nitrogens with zero attached hydrogens (tertiary/aromatic N) is 2. The van der Waals surface area contributed by atoms with E-state index in [2.05, 4.69) is 25.8 Å². The summed E-state index contributed by atoms with van der Waals surface area (Å²) in [4.78, 5) is 0. The zero-order valence-electron chi connectivity index (χ0n) is 6.74. The highest BCUT2D eigenvalue weighted by Gasteiger charge is 2.27. The van der Waals surface area contributed by atoms with Crippen molar-refractivity contribution in [1.82, 2.24) is 9.03 Å². The predicted molar refractivity (Wildman–Crippen MR) is 60.8 cm³/mol. The third-order valence-electron chi connectivity index (χ3n) is 1.73. The molecule has 0 spiro atoms. The van der Waals surface area contributed by atoms with E-state index in [1.807, 2.05) is 10.4 Å². The van der Waals surface area contributed by atoms with Gasteiger partial charge in [0.2, 0.25) is 0 Å². The topological polar surface area (TPSA) is 47.9 Å². The zero-order valence-corrected chi connectivity index (χ0v) is 9.90. The molecule has 0 saturated carbocycles. The van der Waals surface area contributed by atoms with Crippen LogP contribution in [0.15, 0.2) is 39.4 Å². The molecule has 2 aliphatic heterocycles. The fourth-order valence-corrected chi connectivity index (χ4v) is 2.49. The average molecular weight is 295 g/mol. The number of fused-ring (bicyclic) bond motifs is 1. The van der Waals surface area contributed by atoms with Gasteiger partial charge < -0.3 is 9.93 Å². The van der Waals surface area contributed by atoms with E-state index in [-0.39, 0.29) is 5.17 Å². The highest BCUT2D eigenvalue weighted by atomic mass is 79.9. The highest BCUT2D eigenvalue weighted by molar-refractivity contribution is 9.11. The molecule has 2 rings (SSSR count). The molecule has 0 amide bonds. The van der Waals surface area contributed by atoms with Gasteiger partial charge in [0.25, 0.3) is 0 Å². The van der Waals surface area contributed by atoms with Gasteiger partial charge in [0, 0.05) is 11.8 Å². The summed E-state index contributed by atoms with van der Waals surface area (Å²) < 4.78 is 5.78. The number of hydrogen-bond acceptors (Lipinski definition) is 5. The number of oxime groups is 1. The second-order valence-electron chi connectivity index (χ2n) is 2.49. The van der Waals surface area contributed by atoms with E-state index in [9.17, 15) is 0 Å². The number of nitrogens with one attached hydrogen (secondary N) is 1. The Morgan fingerprint density at radius 1 is 1.64 bits per heavy atom. The van der Waals surface area contributed by atoms with Crippen molar-refractivity contribution in [1.29, 1.82) is 0 Å². The van der Waals surface area contributed by atoms with Gasteiger partial charge in [-0.25, -0.2) is 0 Å². The van der Waals surface area contributed by atoms with E-state index in [0.29, 0.717) is 5.57 Å². The molecule has 2 aliphatic rings. The molecule has 14 heavy (non-hydrogen) atoms. The van der Waals surface area contributed by atoms with Gasteiger partial charge in [-0.1, -0.05) is 16.8 Å². The monoisotopic (exact) mass is 293 g/mol. The molecule has 0 aliphatic carbocycles. The lowest BCUT2D eigenvalue weighted by molar-refractivity contribution is 0.320. The van der Waals surface area contributed by atoms with Crippen molar-refractivity contribution in [3.05, 3.63) is 34.2 Å². The standard InChI is InChI=1S/C7H5BrClN3OS/c8-6-2-1-4(7(9)11-13)5-3-10-14-12(5)6/h1-3,10,13H. The fraction of sp³-hybridized carbons (Fsp3) is 0. The van der Waals surface area contributed by atoms with Gasteiger partial charge in [-0.05, 0) is 28.1 Å². The first-order valence-corrected chi connectivity index (χ1v) is 5.57. The van der Waals surface area contributed by atoms with Crippen LogP contribution in [0, 0.1) is 0 Å². The Balaban J connectivity index is 2.43. The summed E-state index contributed by atoms with van der Waals surface area (Å²) in [5.41, 5.74) is 1.53. The lowest BCUT2D eigenvalue weighted by Gasteiger charge is -2.22. The molecular weight excluding hydrogens is 290 g/mol. The van der Waals surface area contributed by atoms with Gasteiger partial charge in [0.05, 0.1) is 22.4 Å². The molecule has 4 nitrogen and oxygen atoms in total. The van der Waals surface area contributed by atoms with Crippen LogP contribution in [0.2, 0.25) is 0 Å². The molecule has 0 saturated heterocycles. The van der Waals surface area contributed by atoms with Crippen molar-refractivity contribution in [2.45, 2.75) is 0 Å². The molecule has 0 aromatic carbocycles. The Kier molecular flexibility index (Phi) is 2.76. The van der Waals surface area contributed by atoms with Crippen LogP contribution in [-0.2, 0) is 0 Å². The lowest BCUT2D eigenvalue weighted by Crippen LogP contribution is -2.15. The largest absolute Gasteiger partial charge is 0.410 e. The summed E-state index contributed by atoms with van der Waals surface area (Å²) in [5, 5.41) is 11.6. The zero-order chi connectivity index (χ0) is 10.1. The van der Waals surface area contributed by atoms with Crippen molar-refractivity contribution < 1.29 is 5.21 Å². The van der Waals surface area contributed by atoms with Gasteiger partial charge in [0.1, 0.15) is 0 Å². The number of hydrogen-bond donors (Lipinski definition) is 2. The van der Waals surface area contributed by atoms with Crippen LogP contribution in [0.1, 0.15) is 0 Å². The molecule has 0 radical (unpaired) electrons. The van der Waals surface area contributed by atoms with Gasteiger partial charge in [0.15, 0.2) is 5.17 Å². The van der Waals surface area contributed by atoms with Gasteiger partial charge in [-0.15, -0.1) is 0 Å². The number of rotatable bonds is 1. The Hall–Kier alpha value is -0.590. The van der Waals surface area contributed by atoms with Crippen molar-refractivity contribution >= 4 is 44.8 Å². The molecule has 0 bridgehead atoms. The van der Waals surface area contributed by atoms with E-state index in [4.69, 9.17) is 16.8 Å². The summed E-state index contributed by atoms with van der Waals surface area (Å²) in [6, 6.07) is 0. The molecule has 7 heteroatoms. The average Bonchev–Trinajstić information content (AvgIpc) is 2.67. The van der Waals surface area contributed by atoms with Gasteiger partial charge >= 0.3 is 0 Å². The van der Waals surface area contributed by atoms with Gasteiger partial charge in [-0.2, -0.15) is 0 Å². The normalized spacial score (nSPS) is 20.9. The summed E-state index contributed by atoms with van der Waals surface area (Å²) in [5.74, 6) is 0. The van der Waals surface area contributed by atoms with E-state index in [1.54, 1.807) is 12.3 Å². The maximum Gasteiger partial charge on any atom is 0.177 e. The molecule has 0 atom stereocenters. The first kappa shape index (κ1) is 9.95. The Labute approximate surface area is 98.4 Å². The predicted octanol–water partition coefficient (Wildman–Crippen LogP) is 2.50. The Morgan fingerprint density at radius 2 is 2.43 bits per heavy atom. The second-order valence-corrected chi connectivity index (χ2v) is 4.45. The number of allylic oxidation sites excluding steroid dienone is 3. The van der Waals surface area contributed by atoms with E-state index in [0.717, 1.165) is 10.3 Å². The minimum absolute atomic E-state index is 0.0711. The second kappa shape index (κ2) is 3.88. The van der Waals surface area contributed by atoms with E-state index < -0.39 is 0 Å². The van der Waals surface area contributed by atoms with Gasteiger partial charge in [-0.3, -0.25) is 4.31 Å². The quantitative estimate of drug-likeness (QED) is 0.256. The van der Waals surface area contributed by atoms with Crippen LogP contribution < -0.4 is 4.72 Å². The van der Waals surface area contributed by atoms with Crippen LogP contribution in [0.25, 0.3) is 0 Å². The third-order valence-corrected chi connectivity index (χ3v) is 3.66. The SMILES string of the molecule is ON=C(Cl)C1=CC=C(Br)N2SNC=C12. The fourth-order valence-electron chi connectivity index (χ4n) is 1.12. The highest BCUT2D eigenvalue weighted by Crippen LogP contribution is 2.37. The summed E-state index contributed by atoms with van der Waals surface area (Å²) >= 11 is 10.5. The Morgan fingerprint density at radius 3 is 3.14 bits per heavy atom. The minimum atomic E-state index is 0.0711. The molecule has 0 aromatic rings. The number of halogens is 2. The maximum absolute atomic E-state index is 8.58. The summed E-state index contributed by atoms with van der Waals surface area (Å²) in [7, 11) is 0. The molecule has 74 valence electrons. The molecule has 2 N–H and O–H groups in total. The van der Waals surface area contributed by atoms with Crippen molar-refractivity contribution in [3.63, 3.8) is 0 Å².